The van der Waals surface area contributed by atoms with Crippen molar-refractivity contribution in [3.63, 3.8) is 0 Å². The summed E-state index contributed by atoms with van der Waals surface area (Å²) in [6, 6.07) is 17.0. The van der Waals surface area contributed by atoms with Gasteiger partial charge in [0.15, 0.2) is 0 Å². The van der Waals surface area contributed by atoms with Crippen LogP contribution in [0.1, 0.15) is 29.5 Å². The summed E-state index contributed by atoms with van der Waals surface area (Å²) in [5.41, 5.74) is 2.26. The van der Waals surface area contributed by atoms with Crippen LogP contribution in [0, 0.1) is 11.7 Å². The van der Waals surface area contributed by atoms with Crippen LogP contribution < -0.4 is 5.32 Å². The van der Waals surface area contributed by atoms with Gasteiger partial charge in [-0.15, -0.1) is 0 Å². The van der Waals surface area contributed by atoms with Crippen LogP contribution in [0.5, 0.6) is 0 Å². The molecule has 27 heavy (non-hydrogen) atoms. The van der Waals surface area contributed by atoms with Crippen molar-refractivity contribution in [2.45, 2.75) is 18.4 Å². The second-order valence-corrected chi connectivity index (χ2v) is 7.32. The summed E-state index contributed by atoms with van der Waals surface area (Å²) in [6.07, 6.45) is 0.838. The third kappa shape index (κ3) is 4.37. The highest BCUT2D eigenvalue weighted by molar-refractivity contribution is 5.82. The summed E-state index contributed by atoms with van der Waals surface area (Å²) in [4.78, 5) is 15.0. The molecule has 2 aliphatic rings. The number of nitrogens with zero attached hydrogens (tertiary/aromatic N) is 1. The Kier molecular flexibility index (Phi) is 5.50. The van der Waals surface area contributed by atoms with E-state index in [1.165, 1.54) is 17.7 Å². The predicted molar refractivity (Wildman–Crippen MR) is 102 cm³/mol. The molecule has 2 aromatic rings. The highest BCUT2D eigenvalue weighted by Gasteiger charge is 2.44. The lowest BCUT2D eigenvalue weighted by molar-refractivity contribution is -0.122. The zero-order chi connectivity index (χ0) is 18.6. The second kappa shape index (κ2) is 8.19. The normalized spacial score (nSPS) is 23.6. The maximum atomic E-state index is 13.1. The molecule has 1 aliphatic heterocycles. The first-order valence-electron chi connectivity index (χ1n) is 9.62. The summed E-state index contributed by atoms with van der Waals surface area (Å²) >= 11 is 0. The van der Waals surface area contributed by atoms with E-state index in [9.17, 15) is 9.18 Å². The van der Waals surface area contributed by atoms with Gasteiger partial charge in [-0.2, -0.15) is 0 Å². The first kappa shape index (κ1) is 18.1. The Morgan fingerprint density at radius 2 is 1.81 bits per heavy atom. The Morgan fingerprint density at radius 3 is 2.52 bits per heavy atom. The van der Waals surface area contributed by atoms with Crippen LogP contribution in [-0.2, 0) is 9.53 Å². The van der Waals surface area contributed by atoms with E-state index < -0.39 is 0 Å². The van der Waals surface area contributed by atoms with Crippen LogP contribution in [0.4, 0.5) is 4.39 Å². The van der Waals surface area contributed by atoms with Gasteiger partial charge >= 0.3 is 0 Å². The fourth-order valence-electron chi connectivity index (χ4n) is 3.91. The molecule has 2 fully saturated rings. The average Bonchev–Trinajstić information content (AvgIpc) is 3.51. The van der Waals surface area contributed by atoms with Crippen molar-refractivity contribution in [3.05, 3.63) is 71.5 Å². The molecule has 5 heteroatoms. The van der Waals surface area contributed by atoms with Crippen molar-refractivity contribution in [1.29, 1.82) is 0 Å². The summed E-state index contributed by atoms with van der Waals surface area (Å²) in [7, 11) is 0. The second-order valence-electron chi connectivity index (χ2n) is 7.32. The highest BCUT2D eigenvalue weighted by Crippen LogP contribution is 2.47. The fraction of sp³-hybridized carbons (Fsp3) is 0.409. The smallest absolute Gasteiger partial charge is 0.223 e. The Balaban J connectivity index is 1.37. The molecule has 1 N–H and O–H groups in total. The van der Waals surface area contributed by atoms with Gasteiger partial charge < -0.3 is 10.1 Å². The highest BCUT2D eigenvalue weighted by atomic mass is 19.1. The number of rotatable bonds is 6. The van der Waals surface area contributed by atoms with E-state index in [2.05, 4.69) is 22.3 Å². The van der Waals surface area contributed by atoms with E-state index in [0.717, 1.165) is 38.3 Å². The minimum Gasteiger partial charge on any atom is -0.379 e. The van der Waals surface area contributed by atoms with Crippen molar-refractivity contribution < 1.29 is 13.9 Å². The summed E-state index contributed by atoms with van der Waals surface area (Å²) < 4.78 is 18.6. The molecule has 4 nitrogen and oxygen atoms in total. The summed E-state index contributed by atoms with van der Waals surface area (Å²) in [6.45, 7) is 3.79. The zero-order valence-corrected chi connectivity index (χ0v) is 15.3. The molecule has 3 unspecified atom stereocenters. The van der Waals surface area contributed by atoms with Gasteiger partial charge in [-0.05, 0) is 35.6 Å². The molecular formula is C22H25FN2O2. The average molecular weight is 368 g/mol. The van der Waals surface area contributed by atoms with Gasteiger partial charge in [0.25, 0.3) is 0 Å². The van der Waals surface area contributed by atoms with E-state index in [1.807, 2.05) is 18.2 Å². The molecule has 0 bridgehead atoms. The van der Waals surface area contributed by atoms with Gasteiger partial charge in [0.05, 0.1) is 19.3 Å². The number of carbonyl (C=O) groups excluding carboxylic acids is 1. The summed E-state index contributed by atoms with van der Waals surface area (Å²) in [5.74, 6) is 0.0656. The van der Waals surface area contributed by atoms with Crippen molar-refractivity contribution in [2.75, 3.05) is 32.8 Å². The van der Waals surface area contributed by atoms with Gasteiger partial charge in [-0.1, -0.05) is 42.5 Å². The molecule has 3 atom stereocenters. The Morgan fingerprint density at radius 1 is 1.11 bits per heavy atom. The molecule has 1 heterocycles. The standard InChI is InChI=1S/C22H25FN2O2/c23-18-8-6-16(7-9-18)19-14-20(19)22(26)24-15-21(17-4-2-1-3-5-17)25-10-12-27-13-11-25/h1-9,19-21H,10-15H2,(H,24,26). The molecular weight excluding hydrogens is 343 g/mol. The van der Waals surface area contributed by atoms with E-state index in [-0.39, 0.29) is 29.6 Å². The fourth-order valence-corrected chi connectivity index (χ4v) is 3.91. The van der Waals surface area contributed by atoms with Crippen LogP contribution in [-0.4, -0.2) is 43.7 Å². The van der Waals surface area contributed by atoms with Gasteiger partial charge in [-0.3, -0.25) is 9.69 Å². The number of ether oxygens (including phenoxy) is 1. The zero-order valence-electron chi connectivity index (χ0n) is 15.3. The Bertz CT molecular complexity index is 760. The Labute approximate surface area is 159 Å². The van der Waals surface area contributed by atoms with Crippen LogP contribution in [0.15, 0.2) is 54.6 Å². The van der Waals surface area contributed by atoms with Crippen molar-refractivity contribution >= 4 is 5.91 Å². The van der Waals surface area contributed by atoms with Crippen LogP contribution in [0.3, 0.4) is 0 Å². The van der Waals surface area contributed by atoms with Crippen molar-refractivity contribution in [1.82, 2.24) is 10.2 Å². The number of benzene rings is 2. The lowest BCUT2D eigenvalue weighted by atomic mass is 10.0. The van der Waals surface area contributed by atoms with Crippen LogP contribution in [0.25, 0.3) is 0 Å². The first-order chi connectivity index (χ1) is 13.2. The third-order valence-corrected chi connectivity index (χ3v) is 5.57. The number of hydrogen-bond donors (Lipinski definition) is 1. The lowest BCUT2D eigenvalue weighted by Gasteiger charge is -2.35. The van der Waals surface area contributed by atoms with Crippen LogP contribution >= 0.6 is 0 Å². The Hall–Kier alpha value is -2.24. The van der Waals surface area contributed by atoms with E-state index in [4.69, 9.17) is 4.74 Å². The minimum absolute atomic E-state index is 0.00317. The monoisotopic (exact) mass is 368 g/mol. The first-order valence-corrected chi connectivity index (χ1v) is 9.62. The number of morpholine rings is 1. The largest absolute Gasteiger partial charge is 0.379 e. The molecule has 0 aromatic heterocycles. The maximum Gasteiger partial charge on any atom is 0.223 e. The maximum absolute atomic E-state index is 13.1. The molecule has 0 spiro atoms. The third-order valence-electron chi connectivity index (χ3n) is 5.57. The minimum atomic E-state index is -0.239. The molecule has 0 radical (unpaired) electrons. The number of hydrogen-bond acceptors (Lipinski definition) is 3. The van der Waals surface area contributed by atoms with E-state index in [1.54, 1.807) is 12.1 Å². The predicted octanol–water partition coefficient (Wildman–Crippen LogP) is 3.12. The number of nitrogens with one attached hydrogen (secondary N) is 1. The summed E-state index contributed by atoms with van der Waals surface area (Å²) in [5, 5.41) is 3.16. The number of halogens is 1. The van der Waals surface area contributed by atoms with Gasteiger partial charge in [0, 0.05) is 25.6 Å². The van der Waals surface area contributed by atoms with Crippen molar-refractivity contribution in [2.24, 2.45) is 5.92 Å². The van der Waals surface area contributed by atoms with E-state index in [0.29, 0.717) is 6.54 Å². The molecule has 1 aliphatic carbocycles. The SMILES string of the molecule is O=C(NCC(c1ccccc1)N1CCOCC1)C1CC1c1ccc(F)cc1. The van der Waals surface area contributed by atoms with E-state index >= 15 is 0 Å². The lowest BCUT2D eigenvalue weighted by Crippen LogP contribution is -2.44. The molecule has 1 amide bonds. The van der Waals surface area contributed by atoms with Gasteiger partial charge in [-0.25, -0.2) is 4.39 Å². The molecule has 1 saturated heterocycles. The topological polar surface area (TPSA) is 41.6 Å². The van der Waals surface area contributed by atoms with Gasteiger partial charge in [0.2, 0.25) is 5.91 Å². The molecule has 1 saturated carbocycles. The number of carbonyl (C=O) groups is 1. The molecule has 2 aromatic carbocycles. The van der Waals surface area contributed by atoms with Crippen LogP contribution in [0.2, 0.25) is 0 Å². The van der Waals surface area contributed by atoms with Crippen molar-refractivity contribution in [3.8, 4) is 0 Å². The molecule has 142 valence electrons. The number of amides is 1. The molecule has 4 rings (SSSR count). The van der Waals surface area contributed by atoms with Gasteiger partial charge in [0.1, 0.15) is 5.82 Å². The quantitative estimate of drug-likeness (QED) is 0.852.